The lowest BCUT2D eigenvalue weighted by atomic mass is 9.86. The molecule has 6 nitrogen and oxygen atoms in total. The van der Waals surface area contributed by atoms with Gasteiger partial charge in [-0.2, -0.15) is 4.98 Å². The van der Waals surface area contributed by atoms with Gasteiger partial charge >= 0.3 is 12.0 Å². The van der Waals surface area contributed by atoms with Gasteiger partial charge in [-0.3, -0.25) is 9.59 Å². The Balaban J connectivity index is 1.45. The standard InChI is InChI=1S/C26H33IN2O4/c27-17-9-7-16-22(21-14-5-2-6-15-21)25(31)33-26-29-23(19-32-26)24(30)28-18-10-8-13-20-11-3-1-4-12-20/h2,5-6,9,14-15,17,19-20,22H,1,3-4,7-8,10-13,16,18H2,(H,28,30). The van der Waals surface area contributed by atoms with E-state index >= 15 is 0 Å². The molecule has 1 amide bonds. The molecule has 178 valence electrons. The van der Waals surface area contributed by atoms with Crippen molar-refractivity contribution in [1.82, 2.24) is 10.3 Å². The quantitative estimate of drug-likeness (QED) is 0.179. The van der Waals surface area contributed by atoms with Crippen molar-refractivity contribution in [3.05, 3.63) is 58.0 Å². The molecule has 1 atom stereocenters. The molecule has 0 saturated heterocycles. The van der Waals surface area contributed by atoms with Gasteiger partial charge in [0.1, 0.15) is 6.26 Å². The molecule has 1 aliphatic carbocycles. The fourth-order valence-electron chi connectivity index (χ4n) is 4.32. The molecule has 1 aromatic carbocycles. The third-order valence-electron chi connectivity index (χ3n) is 6.15. The lowest BCUT2D eigenvalue weighted by molar-refractivity contribution is -0.137. The summed E-state index contributed by atoms with van der Waals surface area (Å²) < 4.78 is 12.6. The van der Waals surface area contributed by atoms with E-state index in [2.05, 4.69) is 32.9 Å². The van der Waals surface area contributed by atoms with Gasteiger partial charge in [0.15, 0.2) is 5.69 Å². The number of carbonyl (C=O) groups excluding carboxylic acids is 2. The van der Waals surface area contributed by atoms with E-state index in [1.54, 1.807) is 0 Å². The number of allylic oxidation sites excluding steroid dienone is 1. The second-order valence-corrected chi connectivity index (χ2v) is 9.30. The largest absolute Gasteiger partial charge is 0.416 e. The van der Waals surface area contributed by atoms with Crippen molar-refractivity contribution in [2.45, 2.75) is 70.1 Å². The molecule has 3 rings (SSSR count). The van der Waals surface area contributed by atoms with E-state index in [1.165, 1.54) is 44.8 Å². The van der Waals surface area contributed by atoms with Crippen LogP contribution < -0.4 is 10.1 Å². The van der Waals surface area contributed by atoms with Crippen molar-refractivity contribution in [3.8, 4) is 6.08 Å². The molecule has 7 heteroatoms. The van der Waals surface area contributed by atoms with Crippen LogP contribution >= 0.6 is 22.6 Å². The van der Waals surface area contributed by atoms with Gasteiger partial charge in [0.25, 0.3) is 5.91 Å². The first-order valence-corrected chi connectivity index (χ1v) is 13.2. The van der Waals surface area contributed by atoms with Crippen molar-refractivity contribution < 1.29 is 18.7 Å². The minimum absolute atomic E-state index is 0.120. The number of esters is 1. The number of oxazole rings is 1. The number of aromatic nitrogens is 1. The molecule has 33 heavy (non-hydrogen) atoms. The maximum Gasteiger partial charge on any atom is 0.402 e. The van der Waals surface area contributed by atoms with E-state index in [4.69, 9.17) is 9.15 Å². The summed E-state index contributed by atoms with van der Waals surface area (Å²) in [6.07, 6.45) is 14.5. The molecule has 1 N–H and O–H groups in total. The number of ether oxygens (including phenoxy) is 1. The highest BCUT2D eigenvalue weighted by molar-refractivity contribution is 14.1. The summed E-state index contributed by atoms with van der Waals surface area (Å²) in [5.74, 6) is -0.336. The molecule has 1 unspecified atom stereocenters. The summed E-state index contributed by atoms with van der Waals surface area (Å²) >= 11 is 2.16. The third kappa shape index (κ3) is 8.61. The number of rotatable bonds is 12. The van der Waals surface area contributed by atoms with Gasteiger partial charge in [0.05, 0.1) is 5.92 Å². The number of carbonyl (C=O) groups is 2. The van der Waals surface area contributed by atoms with Crippen LogP contribution in [0.25, 0.3) is 0 Å². The number of nitrogens with one attached hydrogen (secondary N) is 1. The van der Waals surface area contributed by atoms with Gasteiger partial charge in [0.2, 0.25) is 0 Å². The molecular weight excluding hydrogens is 531 g/mol. The minimum atomic E-state index is -0.445. The Bertz CT molecular complexity index is 891. The van der Waals surface area contributed by atoms with Gasteiger partial charge in [-0.1, -0.05) is 104 Å². The smallest absolute Gasteiger partial charge is 0.402 e. The molecule has 1 saturated carbocycles. The zero-order valence-electron chi connectivity index (χ0n) is 19.0. The zero-order valence-corrected chi connectivity index (χ0v) is 21.2. The number of nitrogens with zero attached hydrogens (tertiary/aromatic N) is 1. The zero-order chi connectivity index (χ0) is 23.3. The Morgan fingerprint density at radius 1 is 1.18 bits per heavy atom. The number of benzene rings is 1. The van der Waals surface area contributed by atoms with Crippen LogP contribution in [0.1, 0.15) is 86.2 Å². The lowest BCUT2D eigenvalue weighted by Crippen LogP contribution is -2.25. The number of unbranched alkanes of at least 4 members (excludes halogenated alkanes) is 1. The van der Waals surface area contributed by atoms with Gasteiger partial charge < -0.3 is 14.5 Å². The number of amides is 1. The van der Waals surface area contributed by atoms with Crippen LogP contribution in [0.5, 0.6) is 6.08 Å². The maximum absolute atomic E-state index is 12.8. The van der Waals surface area contributed by atoms with E-state index < -0.39 is 11.9 Å². The Labute approximate surface area is 209 Å². The number of halogens is 1. The predicted molar refractivity (Wildman–Crippen MR) is 136 cm³/mol. The molecule has 0 spiro atoms. The van der Waals surface area contributed by atoms with Crippen LogP contribution in [0.15, 0.2) is 51.2 Å². The van der Waals surface area contributed by atoms with Crippen molar-refractivity contribution >= 4 is 34.5 Å². The minimum Gasteiger partial charge on any atom is -0.416 e. The third-order valence-corrected chi connectivity index (χ3v) is 6.66. The molecular formula is C26H33IN2O4. The topological polar surface area (TPSA) is 81.4 Å². The summed E-state index contributed by atoms with van der Waals surface area (Å²) in [4.78, 5) is 29.2. The highest BCUT2D eigenvalue weighted by Gasteiger charge is 2.24. The van der Waals surface area contributed by atoms with Crippen molar-refractivity contribution in [2.24, 2.45) is 5.92 Å². The summed E-state index contributed by atoms with van der Waals surface area (Å²) in [5, 5.41) is 2.88. The molecule has 1 aromatic heterocycles. The first kappa shape index (κ1) is 25.5. The van der Waals surface area contributed by atoms with Crippen LogP contribution in [0.4, 0.5) is 0 Å². The summed E-state index contributed by atoms with van der Waals surface area (Å²) in [5.41, 5.74) is 0.997. The van der Waals surface area contributed by atoms with E-state index in [9.17, 15) is 9.59 Å². The summed E-state index contributed by atoms with van der Waals surface area (Å²) in [7, 11) is 0. The monoisotopic (exact) mass is 564 g/mol. The Kier molecular flexibility index (Phi) is 10.9. The molecule has 0 aliphatic heterocycles. The molecule has 1 heterocycles. The number of hydrogen-bond acceptors (Lipinski definition) is 5. The molecule has 1 aliphatic rings. The van der Waals surface area contributed by atoms with Gasteiger partial charge in [0, 0.05) is 6.54 Å². The van der Waals surface area contributed by atoms with Crippen molar-refractivity contribution in [1.29, 1.82) is 0 Å². The maximum atomic E-state index is 12.8. The molecule has 0 radical (unpaired) electrons. The van der Waals surface area contributed by atoms with Crippen LogP contribution in [-0.2, 0) is 4.79 Å². The van der Waals surface area contributed by atoms with Crippen LogP contribution in [0.3, 0.4) is 0 Å². The average molecular weight is 564 g/mol. The highest BCUT2D eigenvalue weighted by Crippen LogP contribution is 2.27. The van der Waals surface area contributed by atoms with Gasteiger partial charge in [-0.25, -0.2) is 0 Å². The molecule has 0 bridgehead atoms. The predicted octanol–water partition coefficient (Wildman–Crippen LogP) is 6.57. The average Bonchev–Trinajstić information content (AvgIpc) is 3.31. The fraction of sp³-hybridized carbons (Fsp3) is 0.500. The second-order valence-electron chi connectivity index (χ2n) is 8.58. The Morgan fingerprint density at radius 2 is 1.97 bits per heavy atom. The van der Waals surface area contributed by atoms with Crippen molar-refractivity contribution in [3.63, 3.8) is 0 Å². The van der Waals surface area contributed by atoms with E-state index in [-0.39, 0.29) is 17.7 Å². The van der Waals surface area contributed by atoms with Crippen LogP contribution in [-0.4, -0.2) is 23.4 Å². The Morgan fingerprint density at radius 3 is 2.73 bits per heavy atom. The molecule has 2 aromatic rings. The van der Waals surface area contributed by atoms with Crippen molar-refractivity contribution in [2.75, 3.05) is 6.54 Å². The SMILES string of the molecule is O=C(NCCCCC1CCCCC1)c1coc(OC(=O)C(CCC=CI)c2ccccc2)n1. The normalized spacial score (nSPS) is 15.4. The van der Waals surface area contributed by atoms with Gasteiger partial charge in [-0.05, 0) is 34.8 Å². The second kappa shape index (κ2) is 14.2. The first-order valence-electron chi connectivity index (χ1n) is 11.9. The van der Waals surface area contributed by atoms with Crippen LogP contribution in [0.2, 0.25) is 0 Å². The van der Waals surface area contributed by atoms with E-state index in [0.29, 0.717) is 13.0 Å². The summed E-state index contributed by atoms with van der Waals surface area (Å²) in [6, 6.07) is 9.51. The number of hydrogen-bond donors (Lipinski definition) is 1. The van der Waals surface area contributed by atoms with E-state index in [1.807, 2.05) is 40.5 Å². The summed E-state index contributed by atoms with van der Waals surface area (Å²) in [6.45, 7) is 0.605. The van der Waals surface area contributed by atoms with Gasteiger partial charge in [-0.15, -0.1) is 0 Å². The first-order chi connectivity index (χ1) is 16.2. The Hall–Kier alpha value is -2.16. The lowest BCUT2D eigenvalue weighted by Gasteiger charge is -2.21. The van der Waals surface area contributed by atoms with Crippen LogP contribution in [0, 0.1) is 5.92 Å². The highest BCUT2D eigenvalue weighted by atomic mass is 127. The fourth-order valence-corrected chi connectivity index (χ4v) is 4.68. The van der Waals surface area contributed by atoms with E-state index in [0.717, 1.165) is 30.7 Å². The molecule has 1 fully saturated rings.